The van der Waals surface area contributed by atoms with Crippen LogP contribution >= 0.6 is 11.8 Å². The molecule has 0 aromatic carbocycles. The van der Waals surface area contributed by atoms with E-state index in [0.717, 1.165) is 55.4 Å². The number of esters is 8. The molecule has 0 aromatic rings. The second kappa shape index (κ2) is 17.8. The Hall–Kier alpha value is -3.97. The maximum absolute atomic E-state index is 12.3. The summed E-state index contributed by atoms with van der Waals surface area (Å²) in [5.74, 6) is -6.62. The predicted molar refractivity (Wildman–Crippen MR) is 152 cm³/mol. The molecule has 0 aliphatic carbocycles. The van der Waals surface area contributed by atoms with Crippen molar-refractivity contribution in [1.29, 1.82) is 0 Å². The van der Waals surface area contributed by atoms with E-state index in [1.54, 1.807) is 0 Å². The summed E-state index contributed by atoms with van der Waals surface area (Å²) in [6, 6.07) is 0. The van der Waals surface area contributed by atoms with Crippen molar-refractivity contribution in [1.82, 2.24) is 0 Å². The molecule has 10 atom stereocenters. The lowest BCUT2D eigenvalue weighted by Gasteiger charge is -2.47. The Morgan fingerprint density at radius 1 is 0.404 bits per heavy atom. The van der Waals surface area contributed by atoms with Crippen molar-refractivity contribution in [2.75, 3.05) is 13.2 Å². The third kappa shape index (κ3) is 12.3. The van der Waals surface area contributed by atoms with Crippen molar-refractivity contribution in [3.63, 3.8) is 0 Å². The average molecular weight is 695 g/mol. The summed E-state index contributed by atoms with van der Waals surface area (Å²) in [5, 5.41) is 0. The number of ether oxygens (including phenoxy) is 10. The smallest absolute Gasteiger partial charge is 0.303 e. The summed E-state index contributed by atoms with van der Waals surface area (Å²) in [6.45, 7) is 7.50. The zero-order valence-corrected chi connectivity index (χ0v) is 27.8. The molecular formula is C28H38O18S. The van der Waals surface area contributed by atoms with E-state index in [4.69, 9.17) is 47.4 Å². The van der Waals surface area contributed by atoms with Gasteiger partial charge in [-0.3, -0.25) is 38.4 Å². The Morgan fingerprint density at radius 2 is 0.660 bits per heavy atom. The van der Waals surface area contributed by atoms with Crippen LogP contribution in [0.2, 0.25) is 0 Å². The monoisotopic (exact) mass is 694 g/mol. The first-order valence-electron chi connectivity index (χ1n) is 14.2. The van der Waals surface area contributed by atoms with Gasteiger partial charge in [0.05, 0.1) is 0 Å². The van der Waals surface area contributed by atoms with Crippen molar-refractivity contribution in [2.45, 2.75) is 115 Å². The summed E-state index contributed by atoms with van der Waals surface area (Å²) < 4.78 is 55.0. The standard InChI is InChI=1S/C28H38O18S/c1-11(29)37-9-19-21(39-13(3)31)23(41-15(5)33)25(43-17(7)35)27(45-19)47-28-26(44-18(8)36)24(42-16(6)34)22(40-14(4)32)20(46-28)10-38-12(2)30/h19-28H,9-10H2,1-8H3/t19-,20+,21-,22-,23+,24-,25+,26-,27+,28-/m1/s1. The molecule has 0 radical (unpaired) electrons. The molecule has 47 heavy (non-hydrogen) atoms. The largest absolute Gasteiger partial charge is 0.463 e. The maximum Gasteiger partial charge on any atom is 0.303 e. The highest BCUT2D eigenvalue weighted by atomic mass is 32.2. The molecule has 19 heteroatoms. The van der Waals surface area contributed by atoms with Crippen LogP contribution in [0.5, 0.6) is 0 Å². The molecule has 2 aliphatic rings. The summed E-state index contributed by atoms with van der Waals surface area (Å²) in [5.41, 5.74) is -2.84. The third-order valence-corrected chi connectivity index (χ3v) is 7.46. The molecule has 264 valence electrons. The zero-order chi connectivity index (χ0) is 35.6. The second-order valence-corrected chi connectivity index (χ2v) is 11.5. The molecular weight excluding hydrogens is 656 g/mol. The Balaban J connectivity index is 2.69. The highest BCUT2D eigenvalue weighted by Crippen LogP contribution is 2.41. The van der Waals surface area contributed by atoms with Crippen molar-refractivity contribution in [3.8, 4) is 0 Å². The fourth-order valence-corrected chi connectivity index (χ4v) is 6.14. The number of thioether (sulfide) groups is 1. The number of carbonyl (C=O) groups excluding carboxylic acids is 8. The van der Waals surface area contributed by atoms with E-state index in [1.165, 1.54) is 0 Å². The molecule has 2 rings (SSSR count). The van der Waals surface area contributed by atoms with Crippen molar-refractivity contribution in [2.24, 2.45) is 0 Å². The number of hydrogen-bond acceptors (Lipinski definition) is 19. The molecule has 0 bridgehead atoms. The Morgan fingerprint density at radius 3 is 0.915 bits per heavy atom. The van der Waals surface area contributed by atoms with Crippen LogP contribution in [-0.4, -0.2) is 121 Å². The van der Waals surface area contributed by atoms with Crippen LogP contribution in [0.4, 0.5) is 0 Å². The first-order valence-corrected chi connectivity index (χ1v) is 15.1. The molecule has 0 spiro atoms. The molecule has 0 unspecified atom stereocenters. The average Bonchev–Trinajstić information content (AvgIpc) is 2.91. The molecule has 2 fully saturated rings. The normalized spacial score (nSPS) is 30.0. The first-order chi connectivity index (χ1) is 21.9. The van der Waals surface area contributed by atoms with E-state index in [1.807, 2.05) is 0 Å². The van der Waals surface area contributed by atoms with Gasteiger partial charge in [0, 0.05) is 55.4 Å². The van der Waals surface area contributed by atoms with Crippen LogP contribution in [-0.2, 0) is 85.7 Å². The predicted octanol–water partition coefficient (Wildman–Crippen LogP) is -0.114. The van der Waals surface area contributed by atoms with Crippen molar-refractivity contribution in [3.05, 3.63) is 0 Å². The van der Waals surface area contributed by atoms with Gasteiger partial charge in [-0.1, -0.05) is 11.8 Å². The van der Waals surface area contributed by atoms with E-state index in [-0.39, 0.29) is 0 Å². The molecule has 0 aromatic heterocycles. The lowest BCUT2D eigenvalue weighted by atomic mass is 9.99. The second-order valence-electron chi connectivity index (χ2n) is 10.3. The lowest BCUT2D eigenvalue weighted by molar-refractivity contribution is -0.243. The van der Waals surface area contributed by atoms with Gasteiger partial charge >= 0.3 is 47.8 Å². The molecule has 2 aliphatic heterocycles. The van der Waals surface area contributed by atoms with Gasteiger partial charge in [0.15, 0.2) is 36.6 Å². The van der Waals surface area contributed by atoms with E-state index < -0.39 is 121 Å². The summed E-state index contributed by atoms with van der Waals surface area (Å²) >= 11 is 0.678. The molecule has 2 saturated heterocycles. The van der Waals surface area contributed by atoms with Crippen LogP contribution < -0.4 is 0 Å². The number of hydrogen-bond donors (Lipinski definition) is 0. The third-order valence-electron chi connectivity index (χ3n) is 6.16. The summed E-state index contributed by atoms with van der Waals surface area (Å²) in [7, 11) is 0. The molecule has 0 amide bonds. The molecule has 0 saturated carbocycles. The number of carbonyl (C=O) groups is 8. The van der Waals surface area contributed by atoms with Gasteiger partial charge < -0.3 is 47.4 Å². The van der Waals surface area contributed by atoms with Gasteiger partial charge in [0.25, 0.3) is 0 Å². The first kappa shape index (κ1) is 39.2. The van der Waals surface area contributed by atoms with E-state index in [0.29, 0.717) is 11.8 Å². The maximum atomic E-state index is 12.3. The minimum absolute atomic E-state index is 0.520. The van der Waals surface area contributed by atoms with Crippen LogP contribution in [0, 0.1) is 0 Å². The highest BCUT2D eigenvalue weighted by Gasteiger charge is 2.57. The van der Waals surface area contributed by atoms with E-state index in [9.17, 15) is 38.4 Å². The fraction of sp³-hybridized carbons (Fsp3) is 0.714. The van der Waals surface area contributed by atoms with Crippen molar-refractivity contribution >= 4 is 59.5 Å². The topological polar surface area (TPSA) is 229 Å². The van der Waals surface area contributed by atoms with Gasteiger partial charge in [-0.05, 0) is 0 Å². The van der Waals surface area contributed by atoms with E-state index in [2.05, 4.69) is 0 Å². The van der Waals surface area contributed by atoms with Gasteiger partial charge in [0.2, 0.25) is 0 Å². The fourth-order valence-electron chi connectivity index (χ4n) is 4.73. The van der Waals surface area contributed by atoms with Crippen LogP contribution in [0.15, 0.2) is 0 Å². The summed E-state index contributed by atoms with van der Waals surface area (Å²) in [6.07, 6.45) is -11.7. The lowest BCUT2D eigenvalue weighted by Crippen LogP contribution is -2.64. The molecule has 0 N–H and O–H groups in total. The zero-order valence-electron chi connectivity index (χ0n) is 26.9. The van der Waals surface area contributed by atoms with Gasteiger partial charge in [-0.15, -0.1) is 0 Å². The Labute approximate surface area is 273 Å². The van der Waals surface area contributed by atoms with Gasteiger partial charge in [0.1, 0.15) is 36.3 Å². The van der Waals surface area contributed by atoms with Crippen LogP contribution in [0.25, 0.3) is 0 Å². The Kier molecular flexibility index (Phi) is 14.9. The van der Waals surface area contributed by atoms with Gasteiger partial charge in [-0.25, -0.2) is 0 Å². The summed E-state index contributed by atoms with van der Waals surface area (Å²) in [4.78, 5) is 96.4. The SMILES string of the molecule is CC(=O)OC[C@@H]1O[C@H](S[C@@H]2O[C@H](COC(C)=O)[C@@H](OC(C)=O)[C@H](OC(C)=O)[C@@H]2OC(C)=O)[C@H](OC(C)=O)[C@H](OC(C)=O)[C@@H]1OC(C)=O. The van der Waals surface area contributed by atoms with Crippen LogP contribution in [0.3, 0.4) is 0 Å². The minimum Gasteiger partial charge on any atom is -0.463 e. The minimum atomic E-state index is -1.54. The molecule has 18 nitrogen and oxygen atoms in total. The van der Waals surface area contributed by atoms with Crippen molar-refractivity contribution < 1.29 is 85.7 Å². The number of rotatable bonds is 12. The highest BCUT2D eigenvalue weighted by molar-refractivity contribution is 8.00. The quantitative estimate of drug-likeness (QED) is 0.192. The van der Waals surface area contributed by atoms with Gasteiger partial charge in [-0.2, -0.15) is 0 Å². The van der Waals surface area contributed by atoms with Crippen LogP contribution in [0.1, 0.15) is 55.4 Å². The molecule has 2 heterocycles. The Bertz CT molecular complexity index is 1110. The van der Waals surface area contributed by atoms with E-state index >= 15 is 0 Å².